The van der Waals surface area contributed by atoms with Gasteiger partial charge in [0.05, 0.1) is 0 Å². The Morgan fingerprint density at radius 2 is 2.11 bits per heavy atom. The molecule has 0 aromatic carbocycles. The van der Waals surface area contributed by atoms with Gasteiger partial charge in [-0.05, 0) is 18.9 Å². The fraction of sp³-hybridized carbons (Fsp3) is 0.583. The van der Waals surface area contributed by atoms with E-state index in [9.17, 15) is 4.79 Å². The molecular weight excluding hydrogens is 234 g/mol. The highest BCUT2D eigenvalue weighted by molar-refractivity contribution is 5.66. The average molecular weight is 249 g/mol. The van der Waals surface area contributed by atoms with E-state index in [-0.39, 0.29) is 18.2 Å². The SMILES string of the molecule is O=C(O)N1[C@@H]2CC[C@H]1CC(Oc1cccnn1)C2. The van der Waals surface area contributed by atoms with Crippen molar-refractivity contribution < 1.29 is 14.6 Å². The molecule has 2 aliphatic rings. The van der Waals surface area contributed by atoms with Crippen molar-refractivity contribution in [2.24, 2.45) is 0 Å². The molecule has 6 heteroatoms. The number of carboxylic acid groups (broad SMARTS) is 1. The summed E-state index contributed by atoms with van der Waals surface area (Å²) in [5, 5.41) is 16.8. The lowest BCUT2D eigenvalue weighted by atomic mass is 10.0. The molecule has 3 heterocycles. The Morgan fingerprint density at radius 1 is 1.39 bits per heavy atom. The molecule has 6 nitrogen and oxygen atoms in total. The quantitative estimate of drug-likeness (QED) is 0.860. The minimum absolute atomic E-state index is 0.0507. The zero-order chi connectivity index (χ0) is 12.5. The number of rotatable bonds is 2. The zero-order valence-corrected chi connectivity index (χ0v) is 9.90. The van der Waals surface area contributed by atoms with Gasteiger partial charge in [0.15, 0.2) is 0 Å². The summed E-state index contributed by atoms with van der Waals surface area (Å²) in [6.07, 6.45) is 4.23. The van der Waals surface area contributed by atoms with Crippen molar-refractivity contribution in [2.45, 2.75) is 43.9 Å². The summed E-state index contributed by atoms with van der Waals surface area (Å²) in [4.78, 5) is 12.7. The summed E-state index contributed by atoms with van der Waals surface area (Å²) < 4.78 is 5.77. The second-order valence-corrected chi connectivity index (χ2v) is 4.85. The Bertz CT molecular complexity index is 425. The van der Waals surface area contributed by atoms with Gasteiger partial charge in [-0.25, -0.2) is 4.79 Å². The van der Waals surface area contributed by atoms with Crippen LogP contribution in [0.4, 0.5) is 4.79 Å². The predicted octanol–water partition coefficient (Wildman–Crippen LogP) is 1.53. The number of piperidine rings is 1. The third-order valence-corrected chi connectivity index (χ3v) is 3.75. The molecule has 0 spiro atoms. The second kappa shape index (κ2) is 4.44. The molecule has 3 rings (SSSR count). The first-order chi connectivity index (χ1) is 8.74. The molecule has 2 saturated heterocycles. The monoisotopic (exact) mass is 249 g/mol. The normalized spacial score (nSPS) is 30.2. The van der Waals surface area contributed by atoms with E-state index in [0.29, 0.717) is 5.88 Å². The van der Waals surface area contributed by atoms with Gasteiger partial charge in [0.2, 0.25) is 5.88 Å². The molecule has 1 unspecified atom stereocenters. The first kappa shape index (κ1) is 11.3. The molecule has 0 radical (unpaired) electrons. The molecule has 2 bridgehead atoms. The average Bonchev–Trinajstić information content (AvgIpc) is 2.63. The number of carbonyl (C=O) groups is 1. The molecular formula is C12H15N3O3. The summed E-state index contributed by atoms with van der Waals surface area (Å²) in [6.45, 7) is 0. The molecule has 0 saturated carbocycles. The maximum atomic E-state index is 11.1. The predicted molar refractivity (Wildman–Crippen MR) is 62.4 cm³/mol. The topological polar surface area (TPSA) is 75.5 Å². The highest BCUT2D eigenvalue weighted by Gasteiger charge is 2.44. The van der Waals surface area contributed by atoms with Crippen LogP contribution in [0.5, 0.6) is 5.88 Å². The Kier molecular flexibility index (Phi) is 2.77. The maximum absolute atomic E-state index is 11.1. The molecule has 2 aliphatic heterocycles. The van der Waals surface area contributed by atoms with Crippen LogP contribution in [0, 0.1) is 0 Å². The van der Waals surface area contributed by atoms with Crippen LogP contribution in [-0.4, -0.2) is 44.5 Å². The number of hydrogen-bond donors (Lipinski definition) is 1. The van der Waals surface area contributed by atoms with Crippen LogP contribution in [0.1, 0.15) is 25.7 Å². The van der Waals surface area contributed by atoms with Gasteiger partial charge in [0.25, 0.3) is 0 Å². The molecule has 3 atom stereocenters. The first-order valence-electron chi connectivity index (χ1n) is 6.19. The van der Waals surface area contributed by atoms with E-state index in [0.717, 1.165) is 25.7 Å². The molecule has 2 fully saturated rings. The van der Waals surface area contributed by atoms with Gasteiger partial charge < -0.3 is 14.7 Å². The third kappa shape index (κ3) is 1.98. The Balaban J connectivity index is 1.67. The van der Waals surface area contributed by atoms with Crippen molar-refractivity contribution in [1.82, 2.24) is 15.1 Å². The van der Waals surface area contributed by atoms with E-state index in [1.807, 2.05) is 0 Å². The van der Waals surface area contributed by atoms with Gasteiger partial charge >= 0.3 is 6.09 Å². The van der Waals surface area contributed by atoms with Crippen LogP contribution in [0.15, 0.2) is 18.3 Å². The van der Waals surface area contributed by atoms with Gasteiger partial charge in [-0.3, -0.25) is 0 Å². The summed E-state index contributed by atoms with van der Waals surface area (Å²) >= 11 is 0. The highest BCUT2D eigenvalue weighted by Crippen LogP contribution is 2.36. The Hall–Kier alpha value is -1.85. The van der Waals surface area contributed by atoms with Gasteiger partial charge in [0.1, 0.15) is 6.10 Å². The molecule has 96 valence electrons. The van der Waals surface area contributed by atoms with Crippen molar-refractivity contribution in [2.75, 3.05) is 0 Å². The highest BCUT2D eigenvalue weighted by atomic mass is 16.5. The molecule has 1 amide bonds. The Morgan fingerprint density at radius 3 is 2.67 bits per heavy atom. The number of aromatic nitrogens is 2. The van der Waals surface area contributed by atoms with Crippen LogP contribution >= 0.6 is 0 Å². The summed E-state index contributed by atoms with van der Waals surface area (Å²) in [5.41, 5.74) is 0. The minimum atomic E-state index is -0.805. The van der Waals surface area contributed by atoms with E-state index in [4.69, 9.17) is 9.84 Å². The summed E-state index contributed by atoms with van der Waals surface area (Å²) in [5.74, 6) is 0.519. The number of ether oxygens (including phenoxy) is 1. The van der Waals surface area contributed by atoms with Crippen molar-refractivity contribution in [1.29, 1.82) is 0 Å². The van der Waals surface area contributed by atoms with Crippen LogP contribution < -0.4 is 4.74 Å². The molecule has 0 aliphatic carbocycles. The number of amides is 1. The van der Waals surface area contributed by atoms with E-state index >= 15 is 0 Å². The van der Waals surface area contributed by atoms with Crippen molar-refractivity contribution in [3.05, 3.63) is 18.3 Å². The molecule has 1 N–H and O–H groups in total. The van der Waals surface area contributed by atoms with Gasteiger partial charge in [-0.15, -0.1) is 5.10 Å². The molecule has 18 heavy (non-hydrogen) atoms. The lowest BCUT2D eigenvalue weighted by molar-refractivity contribution is 0.0472. The first-order valence-corrected chi connectivity index (χ1v) is 6.19. The maximum Gasteiger partial charge on any atom is 0.407 e. The van der Waals surface area contributed by atoms with E-state index in [1.54, 1.807) is 23.2 Å². The minimum Gasteiger partial charge on any atom is -0.473 e. The van der Waals surface area contributed by atoms with Crippen LogP contribution in [-0.2, 0) is 0 Å². The van der Waals surface area contributed by atoms with Crippen LogP contribution in [0.2, 0.25) is 0 Å². The number of fused-ring (bicyclic) bond motifs is 2. The van der Waals surface area contributed by atoms with E-state index in [2.05, 4.69) is 10.2 Å². The lowest BCUT2D eigenvalue weighted by Crippen LogP contribution is -2.48. The van der Waals surface area contributed by atoms with Crippen molar-refractivity contribution in [3.63, 3.8) is 0 Å². The smallest absolute Gasteiger partial charge is 0.407 e. The van der Waals surface area contributed by atoms with Crippen molar-refractivity contribution in [3.8, 4) is 5.88 Å². The molecule has 1 aromatic rings. The van der Waals surface area contributed by atoms with Gasteiger partial charge in [-0.1, -0.05) is 0 Å². The Labute approximate surface area is 105 Å². The van der Waals surface area contributed by atoms with Crippen molar-refractivity contribution >= 4 is 6.09 Å². The number of nitrogens with zero attached hydrogens (tertiary/aromatic N) is 3. The fourth-order valence-corrected chi connectivity index (χ4v) is 3.06. The molecule has 1 aromatic heterocycles. The second-order valence-electron chi connectivity index (χ2n) is 4.85. The summed E-state index contributed by atoms with van der Waals surface area (Å²) in [7, 11) is 0. The van der Waals surface area contributed by atoms with Gasteiger partial charge in [-0.2, -0.15) is 5.10 Å². The lowest BCUT2D eigenvalue weighted by Gasteiger charge is -2.36. The van der Waals surface area contributed by atoms with Gasteiger partial charge in [0, 0.05) is 37.2 Å². The largest absolute Gasteiger partial charge is 0.473 e. The fourth-order valence-electron chi connectivity index (χ4n) is 3.06. The third-order valence-electron chi connectivity index (χ3n) is 3.75. The van der Waals surface area contributed by atoms with E-state index in [1.165, 1.54) is 0 Å². The van der Waals surface area contributed by atoms with Crippen LogP contribution in [0.3, 0.4) is 0 Å². The number of hydrogen-bond acceptors (Lipinski definition) is 4. The van der Waals surface area contributed by atoms with E-state index < -0.39 is 6.09 Å². The standard InChI is InChI=1S/C12H15N3O3/c16-12(17)15-8-3-4-9(15)7-10(6-8)18-11-2-1-5-13-14-11/h1-2,5,8-10H,3-4,6-7H2,(H,16,17)/t8-,9+,10?. The summed E-state index contributed by atoms with van der Waals surface area (Å²) in [6, 6.07) is 3.76. The zero-order valence-electron chi connectivity index (χ0n) is 9.90. The van der Waals surface area contributed by atoms with Crippen LogP contribution in [0.25, 0.3) is 0 Å².